The van der Waals surface area contributed by atoms with Crippen LogP contribution in [0.5, 0.6) is 0 Å². The Labute approximate surface area is 96.8 Å². The van der Waals surface area contributed by atoms with Gasteiger partial charge in [-0.1, -0.05) is 12.1 Å². The van der Waals surface area contributed by atoms with E-state index in [1.165, 1.54) is 12.3 Å². The molecule has 0 atom stereocenters. The molecule has 2 aromatic heterocycles. The molecule has 1 amide bonds. The summed E-state index contributed by atoms with van der Waals surface area (Å²) in [5.41, 5.74) is 0.759. The highest BCUT2D eigenvalue weighted by molar-refractivity contribution is 6.02. The minimum absolute atomic E-state index is 0.0470. The van der Waals surface area contributed by atoms with Gasteiger partial charge in [0.1, 0.15) is 17.3 Å². The van der Waals surface area contributed by atoms with Gasteiger partial charge >= 0.3 is 0 Å². The van der Waals surface area contributed by atoms with E-state index >= 15 is 0 Å². The zero-order valence-electron chi connectivity index (χ0n) is 9.06. The first-order chi connectivity index (χ1) is 8.26. The molecule has 0 aliphatic carbocycles. The number of carbonyl (C=O) groups is 1. The summed E-state index contributed by atoms with van der Waals surface area (Å²) in [4.78, 5) is 11.6. The average molecular weight is 231 g/mol. The molecule has 6 heteroatoms. The Hall–Kier alpha value is -2.55. The molecular formula is C11H9N3O3. The second-order valence-corrected chi connectivity index (χ2v) is 3.23. The number of hydrogen-bond donors (Lipinski definition) is 1. The van der Waals surface area contributed by atoms with Crippen molar-refractivity contribution >= 4 is 11.8 Å². The molecule has 0 aliphatic rings. The second kappa shape index (κ2) is 4.53. The van der Waals surface area contributed by atoms with Crippen LogP contribution in [0.2, 0.25) is 0 Å². The van der Waals surface area contributed by atoms with E-state index in [1.54, 1.807) is 6.07 Å². The number of furan rings is 1. The Morgan fingerprint density at radius 1 is 1.65 bits per heavy atom. The maximum absolute atomic E-state index is 11.6. The summed E-state index contributed by atoms with van der Waals surface area (Å²) in [6.07, 6.45) is 1.95. The third-order valence-electron chi connectivity index (χ3n) is 2.18. The maximum atomic E-state index is 11.6. The lowest BCUT2D eigenvalue weighted by Crippen LogP contribution is -2.11. The molecule has 0 saturated carbocycles. The number of aromatic nitrogens is 1. The van der Waals surface area contributed by atoms with E-state index in [9.17, 15) is 4.79 Å². The fraction of sp³-hybridized carbons (Fsp3) is 0.182. The standard InChI is InChI=1S/C11H9N3O3/c1-2-8-7(6-12)11(17-14-8)13-10(15)9-4-3-5-16-9/h3-5H,2H2,1H3,(H,13,15). The average Bonchev–Trinajstić information content (AvgIpc) is 2.97. The zero-order chi connectivity index (χ0) is 12.3. The minimum Gasteiger partial charge on any atom is -0.459 e. The molecule has 0 bridgehead atoms. The smallest absolute Gasteiger partial charge is 0.293 e. The predicted octanol–water partition coefficient (Wildman–Crippen LogP) is 1.95. The van der Waals surface area contributed by atoms with Crippen molar-refractivity contribution in [1.29, 1.82) is 5.26 Å². The molecule has 0 unspecified atom stereocenters. The van der Waals surface area contributed by atoms with Gasteiger partial charge in [0.15, 0.2) is 5.76 Å². The predicted molar refractivity (Wildman–Crippen MR) is 57.3 cm³/mol. The topological polar surface area (TPSA) is 92.1 Å². The van der Waals surface area contributed by atoms with Crippen LogP contribution in [-0.4, -0.2) is 11.1 Å². The van der Waals surface area contributed by atoms with Gasteiger partial charge in [-0.2, -0.15) is 5.26 Å². The van der Waals surface area contributed by atoms with Gasteiger partial charge in [0.05, 0.1) is 6.26 Å². The maximum Gasteiger partial charge on any atom is 0.293 e. The summed E-state index contributed by atoms with van der Waals surface area (Å²) < 4.78 is 9.82. The van der Waals surface area contributed by atoms with Crippen molar-refractivity contribution < 1.29 is 13.7 Å². The third kappa shape index (κ3) is 2.03. The minimum atomic E-state index is -0.481. The fourth-order valence-electron chi connectivity index (χ4n) is 1.34. The van der Waals surface area contributed by atoms with Gasteiger partial charge in [-0.05, 0) is 18.6 Å². The van der Waals surface area contributed by atoms with Crippen molar-refractivity contribution in [2.45, 2.75) is 13.3 Å². The lowest BCUT2D eigenvalue weighted by Gasteiger charge is -1.97. The molecule has 2 heterocycles. The van der Waals surface area contributed by atoms with Crippen LogP contribution in [0.4, 0.5) is 5.88 Å². The third-order valence-corrected chi connectivity index (χ3v) is 2.18. The van der Waals surface area contributed by atoms with Crippen LogP contribution in [0.1, 0.15) is 28.7 Å². The van der Waals surface area contributed by atoms with Crippen LogP contribution < -0.4 is 5.32 Å². The SMILES string of the molecule is CCc1noc(NC(=O)c2ccco2)c1C#N. The Kier molecular flexibility index (Phi) is 2.92. The van der Waals surface area contributed by atoms with E-state index in [1.807, 2.05) is 13.0 Å². The molecule has 0 aliphatic heterocycles. The molecule has 0 aromatic carbocycles. The summed E-state index contributed by atoms with van der Waals surface area (Å²) in [7, 11) is 0. The van der Waals surface area contributed by atoms with Gasteiger partial charge in [0.25, 0.3) is 5.91 Å². The summed E-state index contributed by atoms with van der Waals surface area (Å²) in [5.74, 6) is -0.292. The van der Waals surface area contributed by atoms with Crippen molar-refractivity contribution in [3.05, 3.63) is 35.4 Å². The number of nitrogens with one attached hydrogen (secondary N) is 1. The van der Waals surface area contributed by atoms with Crippen molar-refractivity contribution in [3.8, 4) is 6.07 Å². The number of aryl methyl sites for hydroxylation is 1. The molecule has 0 saturated heterocycles. The highest BCUT2D eigenvalue weighted by Gasteiger charge is 2.18. The first kappa shape index (κ1) is 11.0. The van der Waals surface area contributed by atoms with E-state index in [4.69, 9.17) is 14.2 Å². The first-order valence-corrected chi connectivity index (χ1v) is 4.99. The Bertz CT molecular complexity index is 563. The van der Waals surface area contributed by atoms with E-state index < -0.39 is 5.91 Å². The van der Waals surface area contributed by atoms with E-state index in [-0.39, 0.29) is 17.2 Å². The fourth-order valence-corrected chi connectivity index (χ4v) is 1.34. The Balaban J connectivity index is 2.23. The normalized spacial score (nSPS) is 9.88. The van der Waals surface area contributed by atoms with E-state index in [0.717, 1.165) is 0 Å². The van der Waals surface area contributed by atoms with Crippen molar-refractivity contribution in [2.75, 3.05) is 5.32 Å². The van der Waals surface area contributed by atoms with Crippen LogP contribution >= 0.6 is 0 Å². The zero-order valence-corrected chi connectivity index (χ0v) is 9.06. The number of hydrogen-bond acceptors (Lipinski definition) is 5. The Morgan fingerprint density at radius 3 is 3.06 bits per heavy atom. The molecule has 17 heavy (non-hydrogen) atoms. The van der Waals surface area contributed by atoms with E-state index in [0.29, 0.717) is 12.1 Å². The lowest BCUT2D eigenvalue weighted by atomic mass is 10.2. The number of nitriles is 1. The number of carbonyl (C=O) groups excluding carboxylic acids is 1. The van der Waals surface area contributed by atoms with Crippen LogP contribution in [0, 0.1) is 11.3 Å². The summed E-state index contributed by atoms with van der Waals surface area (Å²) in [6.45, 7) is 1.84. The highest BCUT2D eigenvalue weighted by atomic mass is 16.5. The van der Waals surface area contributed by atoms with E-state index in [2.05, 4.69) is 10.5 Å². The van der Waals surface area contributed by atoms with Crippen molar-refractivity contribution in [3.63, 3.8) is 0 Å². The number of nitrogens with zero attached hydrogens (tertiary/aromatic N) is 2. The quantitative estimate of drug-likeness (QED) is 0.871. The molecular weight excluding hydrogens is 222 g/mol. The van der Waals surface area contributed by atoms with Gasteiger partial charge in [0.2, 0.25) is 5.88 Å². The van der Waals surface area contributed by atoms with Crippen molar-refractivity contribution in [2.24, 2.45) is 0 Å². The van der Waals surface area contributed by atoms with Gasteiger partial charge in [-0.25, -0.2) is 0 Å². The summed E-state index contributed by atoms with van der Waals surface area (Å²) in [5, 5.41) is 15.1. The molecule has 2 aromatic rings. The number of amides is 1. The van der Waals surface area contributed by atoms with Crippen LogP contribution in [0.25, 0.3) is 0 Å². The van der Waals surface area contributed by atoms with Gasteiger partial charge < -0.3 is 8.94 Å². The van der Waals surface area contributed by atoms with Crippen molar-refractivity contribution in [1.82, 2.24) is 5.16 Å². The summed E-state index contributed by atoms with van der Waals surface area (Å²) >= 11 is 0. The molecule has 0 fully saturated rings. The molecule has 0 spiro atoms. The van der Waals surface area contributed by atoms with Gasteiger partial charge in [-0.3, -0.25) is 10.1 Å². The molecule has 6 nitrogen and oxygen atoms in total. The molecule has 2 rings (SSSR count). The first-order valence-electron chi connectivity index (χ1n) is 4.99. The molecule has 1 N–H and O–H groups in total. The molecule has 0 radical (unpaired) electrons. The summed E-state index contributed by atoms with van der Waals surface area (Å²) in [6, 6.07) is 5.05. The number of rotatable bonds is 3. The lowest BCUT2D eigenvalue weighted by molar-refractivity contribution is 0.0993. The number of anilines is 1. The monoisotopic (exact) mass is 231 g/mol. The van der Waals surface area contributed by atoms with Crippen LogP contribution in [0.15, 0.2) is 27.3 Å². The van der Waals surface area contributed by atoms with Gasteiger partial charge in [-0.15, -0.1) is 0 Å². The van der Waals surface area contributed by atoms with Crippen LogP contribution in [-0.2, 0) is 6.42 Å². The van der Waals surface area contributed by atoms with Crippen LogP contribution in [0.3, 0.4) is 0 Å². The second-order valence-electron chi connectivity index (χ2n) is 3.23. The largest absolute Gasteiger partial charge is 0.459 e. The Morgan fingerprint density at radius 2 is 2.47 bits per heavy atom. The van der Waals surface area contributed by atoms with Gasteiger partial charge in [0, 0.05) is 0 Å². The molecule has 86 valence electrons. The highest BCUT2D eigenvalue weighted by Crippen LogP contribution is 2.19.